The van der Waals surface area contributed by atoms with Crippen LogP contribution in [0.15, 0.2) is 23.7 Å². The van der Waals surface area contributed by atoms with Crippen LogP contribution in [0.4, 0.5) is 5.82 Å². The SMILES string of the molecule is N#Cc1cnn(C(=O)c2cccs2)c1N. The third kappa shape index (κ3) is 1.49. The van der Waals surface area contributed by atoms with Crippen molar-refractivity contribution in [2.24, 2.45) is 0 Å². The third-order valence-electron chi connectivity index (χ3n) is 1.85. The molecule has 0 fully saturated rings. The third-order valence-corrected chi connectivity index (χ3v) is 2.71. The molecule has 15 heavy (non-hydrogen) atoms. The van der Waals surface area contributed by atoms with Gasteiger partial charge in [-0.25, -0.2) is 0 Å². The molecule has 2 aromatic heterocycles. The Kier molecular flexibility index (Phi) is 2.23. The lowest BCUT2D eigenvalue weighted by Gasteiger charge is -1.99. The molecule has 2 rings (SSSR count). The largest absolute Gasteiger partial charge is 0.382 e. The molecule has 0 amide bonds. The summed E-state index contributed by atoms with van der Waals surface area (Å²) in [5.74, 6) is -0.236. The topological polar surface area (TPSA) is 84.7 Å². The van der Waals surface area contributed by atoms with Crippen LogP contribution in [-0.4, -0.2) is 15.7 Å². The molecule has 2 heterocycles. The fourth-order valence-electron chi connectivity index (χ4n) is 1.11. The van der Waals surface area contributed by atoms with E-state index in [1.807, 2.05) is 6.07 Å². The average molecular weight is 218 g/mol. The molecule has 74 valence electrons. The highest BCUT2D eigenvalue weighted by molar-refractivity contribution is 7.12. The molecule has 5 nitrogen and oxygen atoms in total. The van der Waals surface area contributed by atoms with Crippen molar-refractivity contribution in [3.8, 4) is 6.07 Å². The summed E-state index contributed by atoms with van der Waals surface area (Å²) in [5.41, 5.74) is 5.79. The van der Waals surface area contributed by atoms with Gasteiger partial charge in [-0.3, -0.25) is 4.79 Å². The lowest BCUT2D eigenvalue weighted by Crippen LogP contribution is -2.14. The van der Waals surface area contributed by atoms with Crippen molar-refractivity contribution < 1.29 is 4.79 Å². The molecule has 0 aliphatic carbocycles. The predicted octanol–water partition coefficient (Wildman–Crippen LogP) is 1.09. The van der Waals surface area contributed by atoms with Gasteiger partial charge in [-0.1, -0.05) is 6.07 Å². The first kappa shape index (κ1) is 9.43. The first-order chi connectivity index (χ1) is 7.24. The van der Waals surface area contributed by atoms with Gasteiger partial charge in [0.15, 0.2) is 0 Å². The van der Waals surface area contributed by atoms with E-state index in [1.165, 1.54) is 17.5 Å². The summed E-state index contributed by atoms with van der Waals surface area (Å²) in [6.45, 7) is 0. The van der Waals surface area contributed by atoms with E-state index in [2.05, 4.69) is 5.10 Å². The van der Waals surface area contributed by atoms with Gasteiger partial charge in [-0.2, -0.15) is 15.0 Å². The zero-order chi connectivity index (χ0) is 10.8. The molecule has 0 atom stereocenters. The number of rotatable bonds is 1. The van der Waals surface area contributed by atoms with Crippen LogP contribution in [0.1, 0.15) is 15.2 Å². The second kappa shape index (κ2) is 3.55. The van der Waals surface area contributed by atoms with E-state index in [0.717, 1.165) is 4.68 Å². The summed E-state index contributed by atoms with van der Waals surface area (Å²) in [5, 5.41) is 14.2. The minimum atomic E-state index is -0.316. The van der Waals surface area contributed by atoms with Crippen molar-refractivity contribution in [2.45, 2.75) is 0 Å². The van der Waals surface area contributed by atoms with Gasteiger partial charge in [0.25, 0.3) is 5.91 Å². The first-order valence-electron chi connectivity index (χ1n) is 4.06. The summed E-state index contributed by atoms with van der Waals surface area (Å²) < 4.78 is 1.03. The van der Waals surface area contributed by atoms with E-state index in [9.17, 15) is 4.79 Å². The van der Waals surface area contributed by atoms with Gasteiger partial charge in [0, 0.05) is 0 Å². The Morgan fingerprint density at radius 2 is 2.47 bits per heavy atom. The van der Waals surface area contributed by atoms with Crippen LogP contribution in [0.2, 0.25) is 0 Å². The molecule has 0 radical (unpaired) electrons. The van der Waals surface area contributed by atoms with Crippen molar-refractivity contribution in [2.75, 3.05) is 5.73 Å². The Bertz CT molecular complexity index is 535. The second-order valence-electron chi connectivity index (χ2n) is 2.75. The van der Waals surface area contributed by atoms with Gasteiger partial charge in [0.1, 0.15) is 17.5 Å². The predicted molar refractivity (Wildman–Crippen MR) is 55.4 cm³/mol. The maximum absolute atomic E-state index is 11.8. The Labute approximate surface area is 89.4 Å². The van der Waals surface area contributed by atoms with Gasteiger partial charge >= 0.3 is 0 Å². The Morgan fingerprint density at radius 1 is 1.67 bits per heavy atom. The van der Waals surface area contributed by atoms with Crippen LogP contribution in [0.3, 0.4) is 0 Å². The Balaban J connectivity index is 2.44. The number of nitriles is 1. The van der Waals surface area contributed by atoms with E-state index in [1.54, 1.807) is 17.5 Å². The molecule has 6 heteroatoms. The first-order valence-corrected chi connectivity index (χ1v) is 4.94. The molecule has 0 saturated carbocycles. The van der Waals surface area contributed by atoms with Crippen LogP contribution in [-0.2, 0) is 0 Å². The summed E-state index contributed by atoms with van der Waals surface area (Å²) in [6.07, 6.45) is 1.28. The summed E-state index contributed by atoms with van der Waals surface area (Å²) in [6, 6.07) is 5.31. The molecule has 0 spiro atoms. The smallest absolute Gasteiger partial charge is 0.290 e. The van der Waals surface area contributed by atoms with Gasteiger partial charge in [-0.15, -0.1) is 11.3 Å². The van der Waals surface area contributed by atoms with E-state index in [-0.39, 0.29) is 17.3 Å². The number of hydrogen-bond acceptors (Lipinski definition) is 5. The highest BCUT2D eigenvalue weighted by atomic mass is 32.1. The van der Waals surface area contributed by atoms with Crippen LogP contribution in [0.25, 0.3) is 0 Å². The number of aromatic nitrogens is 2. The zero-order valence-electron chi connectivity index (χ0n) is 7.54. The van der Waals surface area contributed by atoms with E-state index in [0.29, 0.717) is 4.88 Å². The minimum absolute atomic E-state index is 0.0795. The van der Waals surface area contributed by atoms with E-state index in [4.69, 9.17) is 11.0 Å². The van der Waals surface area contributed by atoms with Crippen molar-refractivity contribution in [3.63, 3.8) is 0 Å². The minimum Gasteiger partial charge on any atom is -0.382 e. The van der Waals surface area contributed by atoms with E-state index < -0.39 is 0 Å². The normalized spacial score (nSPS) is 9.80. The van der Waals surface area contributed by atoms with E-state index >= 15 is 0 Å². The Morgan fingerprint density at radius 3 is 3.00 bits per heavy atom. The van der Waals surface area contributed by atoms with Gasteiger partial charge < -0.3 is 5.73 Å². The maximum Gasteiger partial charge on any atom is 0.290 e. The zero-order valence-corrected chi connectivity index (χ0v) is 8.36. The average Bonchev–Trinajstić information content (AvgIpc) is 2.85. The molecule has 0 saturated heterocycles. The number of nitrogens with zero attached hydrogens (tertiary/aromatic N) is 3. The number of nitrogen functional groups attached to an aromatic ring is 1. The van der Waals surface area contributed by atoms with Gasteiger partial charge in [0.05, 0.1) is 11.1 Å². The quantitative estimate of drug-likeness (QED) is 0.776. The van der Waals surface area contributed by atoms with Crippen LogP contribution >= 0.6 is 11.3 Å². The number of carbonyl (C=O) groups is 1. The highest BCUT2D eigenvalue weighted by Gasteiger charge is 2.15. The molecule has 0 unspecified atom stereocenters. The molecule has 0 aliphatic rings. The maximum atomic E-state index is 11.8. The highest BCUT2D eigenvalue weighted by Crippen LogP contribution is 2.15. The molecule has 0 aliphatic heterocycles. The van der Waals surface area contributed by atoms with Crippen molar-refractivity contribution in [1.29, 1.82) is 5.26 Å². The monoisotopic (exact) mass is 218 g/mol. The Hall–Kier alpha value is -2.13. The van der Waals surface area contributed by atoms with Crippen LogP contribution in [0.5, 0.6) is 0 Å². The number of anilines is 1. The lowest BCUT2D eigenvalue weighted by molar-refractivity contribution is 0.0952. The number of thiophene rings is 1. The number of nitrogens with two attached hydrogens (primary N) is 1. The fraction of sp³-hybridized carbons (Fsp3) is 0. The van der Waals surface area contributed by atoms with Crippen molar-refractivity contribution in [3.05, 3.63) is 34.2 Å². The second-order valence-corrected chi connectivity index (χ2v) is 3.70. The standard InChI is InChI=1S/C9H6N4OS/c10-4-6-5-12-13(8(6)11)9(14)7-2-1-3-15-7/h1-3,5H,11H2. The fourth-order valence-corrected chi connectivity index (χ4v) is 1.76. The number of hydrogen-bond donors (Lipinski definition) is 1. The number of carbonyl (C=O) groups excluding carboxylic acids is 1. The van der Waals surface area contributed by atoms with Crippen LogP contribution < -0.4 is 5.73 Å². The summed E-state index contributed by atoms with van der Waals surface area (Å²) >= 11 is 1.30. The van der Waals surface area contributed by atoms with Crippen molar-refractivity contribution >= 4 is 23.1 Å². The summed E-state index contributed by atoms with van der Waals surface area (Å²) in [7, 11) is 0. The molecule has 0 aromatic carbocycles. The molecule has 2 aromatic rings. The van der Waals surface area contributed by atoms with Gasteiger partial charge in [0.2, 0.25) is 0 Å². The molecular formula is C9H6N4OS. The molecular weight excluding hydrogens is 212 g/mol. The molecule has 2 N–H and O–H groups in total. The lowest BCUT2D eigenvalue weighted by atomic mass is 10.3. The van der Waals surface area contributed by atoms with Crippen molar-refractivity contribution in [1.82, 2.24) is 9.78 Å². The molecule has 0 bridgehead atoms. The van der Waals surface area contributed by atoms with Gasteiger partial charge in [-0.05, 0) is 11.4 Å². The van der Waals surface area contributed by atoms with Crippen LogP contribution in [0, 0.1) is 11.3 Å². The summed E-state index contributed by atoms with van der Waals surface area (Å²) in [4.78, 5) is 12.3.